The van der Waals surface area contributed by atoms with Crippen molar-refractivity contribution in [2.75, 3.05) is 6.61 Å². The van der Waals surface area contributed by atoms with Crippen LogP contribution in [-0.2, 0) is 14.3 Å². The average molecular weight is 253 g/mol. The second kappa shape index (κ2) is 6.85. The Hall–Kier alpha value is -1.62. The van der Waals surface area contributed by atoms with E-state index in [9.17, 15) is 9.59 Å². The van der Waals surface area contributed by atoms with E-state index < -0.39 is 6.04 Å². The van der Waals surface area contributed by atoms with Crippen LogP contribution in [0.2, 0.25) is 0 Å². The van der Waals surface area contributed by atoms with Gasteiger partial charge in [-0.05, 0) is 23.9 Å². The molecule has 0 saturated carbocycles. The lowest BCUT2D eigenvalue weighted by Crippen LogP contribution is -2.31. The Morgan fingerprint density at radius 1 is 1.71 bits per heavy atom. The summed E-state index contributed by atoms with van der Waals surface area (Å²) in [5.41, 5.74) is 0.722. The van der Waals surface area contributed by atoms with Crippen molar-refractivity contribution in [3.63, 3.8) is 0 Å². The molecule has 0 aliphatic heterocycles. The Morgan fingerprint density at radius 2 is 2.47 bits per heavy atom. The second-order valence-electron chi connectivity index (χ2n) is 3.35. The summed E-state index contributed by atoms with van der Waals surface area (Å²) < 4.78 is 4.85. The van der Waals surface area contributed by atoms with Crippen molar-refractivity contribution in [3.05, 3.63) is 29.0 Å². The molecule has 1 atom stereocenters. The van der Waals surface area contributed by atoms with E-state index in [4.69, 9.17) is 4.74 Å². The minimum atomic E-state index is -0.412. The smallest absolute Gasteiger partial charge is 0.308 e. The van der Waals surface area contributed by atoms with Crippen molar-refractivity contribution in [2.24, 2.45) is 0 Å². The molecule has 92 valence electrons. The number of hydrogen-bond acceptors (Lipinski definition) is 4. The molecule has 0 aromatic carbocycles. The molecule has 0 fully saturated rings. The number of carbonyl (C=O) groups is 2. The van der Waals surface area contributed by atoms with Crippen LogP contribution in [0.25, 0.3) is 5.57 Å². The molecule has 1 unspecified atom stereocenters. The van der Waals surface area contributed by atoms with Gasteiger partial charge >= 0.3 is 5.97 Å². The van der Waals surface area contributed by atoms with E-state index in [1.54, 1.807) is 6.92 Å². The molecule has 17 heavy (non-hydrogen) atoms. The summed E-state index contributed by atoms with van der Waals surface area (Å²) in [6, 6.07) is 3.38. The van der Waals surface area contributed by atoms with E-state index >= 15 is 0 Å². The average Bonchev–Trinajstić information content (AvgIpc) is 2.81. The highest BCUT2D eigenvalue weighted by Gasteiger charge is 2.18. The summed E-state index contributed by atoms with van der Waals surface area (Å²) in [7, 11) is 0. The number of nitrogens with one attached hydrogen (secondary N) is 1. The van der Waals surface area contributed by atoms with Gasteiger partial charge < -0.3 is 10.1 Å². The monoisotopic (exact) mass is 253 g/mol. The Balaban J connectivity index is 2.68. The first-order chi connectivity index (χ1) is 8.19. The van der Waals surface area contributed by atoms with Crippen LogP contribution in [-0.4, -0.2) is 25.0 Å². The molecule has 1 aromatic heterocycles. The van der Waals surface area contributed by atoms with E-state index in [-0.39, 0.29) is 12.4 Å². The molecule has 1 heterocycles. The lowest BCUT2D eigenvalue weighted by Gasteiger charge is -2.16. The number of ether oxygens (including phenoxy) is 1. The molecular formula is C12H15NO3S. The fraction of sp³-hybridized carbons (Fsp3) is 0.333. The van der Waals surface area contributed by atoms with Crippen LogP contribution in [0.4, 0.5) is 0 Å². The highest BCUT2D eigenvalue weighted by molar-refractivity contribution is 7.11. The van der Waals surface area contributed by atoms with E-state index in [1.807, 2.05) is 17.5 Å². The van der Waals surface area contributed by atoms with Crippen molar-refractivity contribution >= 4 is 29.3 Å². The van der Waals surface area contributed by atoms with Crippen molar-refractivity contribution in [1.29, 1.82) is 0 Å². The third kappa shape index (κ3) is 4.03. The van der Waals surface area contributed by atoms with Crippen LogP contribution >= 0.6 is 11.3 Å². The third-order valence-corrected chi connectivity index (χ3v) is 3.15. The molecular weight excluding hydrogens is 238 g/mol. The number of carbonyl (C=O) groups excluding carboxylic acids is 2. The Bertz CT molecular complexity index is 386. The van der Waals surface area contributed by atoms with Gasteiger partial charge in [0.1, 0.15) is 0 Å². The van der Waals surface area contributed by atoms with Crippen LogP contribution in [0, 0.1) is 0 Å². The molecule has 0 aliphatic rings. The van der Waals surface area contributed by atoms with Gasteiger partial charge in [-0.3, -0.25) is 9.59 Å². The number of esters is 1. The third-order valence-electron chi connectivity index (χ3n) is 2.20. The van der Waals surface area contributed by atoms with E-state index in [0.29, 0.717) is 13.0 Å². The minimum absolute atomic E-state index is 0.101. The zero-order valence-electron chi connectivity index (χ0n) is 9.64. The van der Waals surface area contributed by atoms with Gasteiger partial charge in [-0.1, -0.05) is 12.6 Å². The number of amides is 1. The molecule has 0 saturated heterocycles. The van der Waals surface area contributed by atoms with Crippen molar-refractivity contribution < 1.29 is 14.3 Å². The van der Waals surface area contributed by atoms with E-state index in [0.717, 1.165) is 10.5 Å². The first-order valence-electron chi connectivity index (χ1n) is 5.27. The normalized spacial score (nSPS) is 11.6. The zero-order valence-corrected chi connectivity index (χ0v) is 10.5. The summed E-state index contributed by atoms with van der Waals surface area (Å²) in [6.07, 6.45) is 0.673. The molecule has 0 aliphatic carbocycles. The molecule has 1 amide bonds. The molecule has 4 nitrogen and oxygen atoms in total. The van der Waals surface area contributed by atoms with E-state index in [2.05, 4.69) is 11.9 Å². The van der Waals surface area contributed by atoms with Crippen LogP contribution in [0.1, 0.15) is 18.2 Å². The molecule has 5 heteroatoms. The SMILES string of the molecule is C=C(c1cccs1)C(CC(=O)OCC)NC=O. The lowest BCUT2D eigenvalue weighted by molar-refractivity contribution is -0.143. The standard InChI is InChI=1S/C12H15NO3S/c1-3-16-12(15)7-10(13-8-14)9(2)11-5-4-6-17-11/h4-6,8,10H,2-3,7H2,1H3,(H,13,14). The molecule has 1 N–H and O–H groups in total. The fourth-order valence-electron chi connectivity index (χ4n) is 1.38. The minimum Gasteiger partial charge on any atom is -0.466 e. The van der Waals surface area contributed by atoms with Gasteiger partial charge in [-0.15, -0.1) is 11.3 Å². The quantitative estimate of drug-likeness (QED) is 0.596. The summed E-state index contributed by atoms with van der Waals surface area (Å²) in [5.74, 6) is -0.343. The van der Waals surface area contributed by atoms with Crippen LogP contribution < -0.4 is 5.32 Å². The first kappa shape index (κ1) is 13.4. The Labute approximate surface area is 104 Å². The van der Waals surface area contributed by atoms with Gasteiger partial charge in [0.15, 0.2) is 0 Å². The second-order valence-corrected chi connectivity index (χ2v) is 4.30. The highest BCUT2D eigenvalue weighted by atomic mass is 32.1. The molecule has 1 rings (SSSR count). The number of thiophene rings is 1. The Morgan fingerprint density at radius 3 is 3.00 bits per heavy atom. The maximum absolute atomic E-state index is 11.4. The summed E-state index contributed by atoms with van der Waals surface area (Å²) in [5, 5.41) is 4.51. The molecule has 0 radical (unpaired) electrons. The first-order valence-corrected chi connectivity index (χ1v) is 6.15. The maximum Gasteiger partial charge on any atom is 0.308 e. The zero-order chi connectivity index (χ0) is 12.7. The predicted octanol–water partition coefficient (Wildman–Crippen LogP) is 1.83. The van der Waals surface area contributed by atoms with Crippen LogP contribution in [0.5, 0.6) is 0 Å². The van der Waals surface area contributed by atoms with Gasteiger partial charge in [0.25, 0.3) is 0 Å². The van der Waals surface area contributed by atoms with Gasteiger partial charge in [-0.2, -0.15) is 0 Å². The van der Waals surface area contributed by atoms with Crippen LogP contribution in [0.15, 0.2) is 24.1 Å². The van der Waals surface area contributed by atoms with Gasteiger partial charge in [0.05, 0.1) is 19.1 Å². The summed E-state index contributed by atoms with van der Waals surface area (Å²) in [4.78, 5) is 22.9. The molecule has 1 aromatic rings. The summed E-state index contributed by atoms with van der Waals surface area (Å²) >= 11 is 1.52. The van der Waals surface area contributed by atoms with Crippen molar-refractivity contribution in [1.82, 2.24) is 5.32 Å². The van der Waals surface area contributed by atoms with Crippen LogP contribution in [0.3, 0.4) is 0 Å². The molecule has 0 bridgehead atoms. The number of rotatable bonds is 7. The van der Waals surface area contributed by atoms with Gasteiger partial charge in [0, 0.05) is 4.88 Å². The topological polar surface area (TPSA) is 55.4 Å². The summed E-state index contributed by atoms with van der Waals surface area (Å²) in [6.45, 7) is 5.99. The highest BCUT2D eigenvalue weighted by Crippen LogP contribution is 2.23. The molecule has 0 spiro atoms. The maximum atomic E-state index is 11.4. The lowest BCUT2D eigenvalue weighted by atomic mass is 10.0. The van der Waals surface area contributed by atoms with Crippen molar-refractivity contribution in [3.8, 4) is 0 Å². The largest absolute Gasteiger partial charge is 0.466 e. The fourth-order valence-corrected chi connectivity index (χ4v) is 2.14. The number of hydrogen-bond donors (Lipinski definition) is 1. The predicted molar refractivity (Wildman–Crippen MR) is 67.6 cm³/mol. The van der Waals surface area contributed by atoms with E-state index in [1.165, 1.54) is 11.3 Å². The van der Waals surface area contributed by atoms with Crippen molar-refractivity contribution in [2.45, 2.75) is 19.4 Å². The van der Waals surface area contributed by atoms with Gasteiger partial charge in [-0.25, -0.2) is 0 Å². The van der Waals surface area contributed by atoms with Gasteiger partial charge in [0.2, 0.25) is 6.41 Å². The Kier molecular flexibility index (Phi) is 5.42.